The monoisotopic (exact) mass is 380 g/mol. The van der Waals surface area contributed by atoms with Crippen LogP contribution in [-0.4, -0.2) is 36.2 Å². The van der Waals surface area contributed by atoms with Crippen molar-refractivity contribution in [1.82, 2.24) is 14.9 Å². The van der Waals surface area contributed by atoms with E-state index in [2.05, 4.69) is 14.9 Å². The Hall–Kier alpha value is -1.84. The molecule has 1 aromatic carbocycles. The molecule has 0 unspecified atom stereocenters. The fourth-order valence-corrected chi connectivity index (χ4v) is 3.79. The maximum Gasteiger partial charge on any atom is 0.238 e. The van der Waals surface area contributed by atoms with Gasteiger partial charge in [0.05, 0.1) is 10.6 Å². The van der Waals surface area contributed by atoms with Crippen molar-refractivity contribution < 1.29 is 13.2 Å². The van der Waals surface area contributed by atoms with Gasteiger partial charge in [-0.3, -0.25) is 4.79 Å². The zero-order valence-electron chi connectivity index (χ0n) is 13.6. The van der Waals surface area contributed by atoms with Crippen molar-refractivity contribution in [3.63, 3.8) is 0 Å². The van der Waals surface area contributed by atoms with Gasteiger partial charge in [0, 0.05) is 25.0 Å². The normalized spacial score (nSPS) is 14.4. The summed E-state index contributed by atoms with van der Waals surface area (Å²) in [6.07, 6.45) is 6.71. The van der Waals surface area contributed by atoms with Gasteiger partial charge in [-0.2, -0.15) is 0 Å². The zero-order valence-corrected chi connectivity index (χ0v) is 15.2. The fourth-order valence-electron chi connectivity index (χ4n) is 2.41. The van der Waals surface area contributed by atoms with Crippen LogP contribution in [0.15, 0.2) is 46.7 Å². The van der Waals surface area contributed by atoms with E-state index in [1.165, 1.54) is 36.7 Å². The average Bonchev–Trinajstić information content (AvgIpc) is 3.31. The number of nitrogens with two attached hydrogens (primary N) is 1. The van der Waals surface area contributed by atoms with E-state index < -0.39 is 10.0 Å². The zero-order chi connectivity index (χ0) is 17.9. The number of carbonyl (C=O) groups excluding carboxylic acids is 1. The summed E-state index contributed by atoms with van der Waals surface area (Å²) in [5, 5.41) is 8.81. The predicted octanol–water partition coefficient (Wildman–Crippen LogP) is 1.32. The Kier molecular flexibility index (Phi) is 5.45. The van der Waals surface area contributed by atoms with Crippen molar-refractivity contribution in [3.05, 3.63) is 42.2 Å². The quantitative estimate of drug-likeness (QED) is 0.672. The van der Waals surface area contributed by atoms with E-state index >= 15 is 0 Å². The topological polar surface area (TPSA) is 107 Å². The molecule has 0 saturated heterocycles. The molecular weight excluding hydrogens is 360 g/mol. The van der Waals surface area contributed by atoms with Crippen LogP contribution in [0.2, 0.25) is 0 Å². The van der Waals surface area contributed by atoms with Crippen molar-refractivity contribution >= 4 is 27.7 Å². The van der Waals surface area contributed by atoms with Crippen LogP contribution in [0, 0.1) is 0 Å². The molecule has 0 bridgehead atoms. The Bertz CT molecular complexity index is 843. The van der Waals surface area contributed by atoms with E-state index in [0.717, 1.165) is 10.7 Å². The third-order valence-corrected chi connectivity index (χ3v) is 5.80. The highest BCUT2D eigenvalue weighted by atomic mass is 32.2. The molecule has 1 heterocycles. The molecule has 1 aromatic heterocycles. The van der Waals surface area contributed by atoms with Gasteiger partial charge in [0.2, 0.25) is 15.9 Å². The van der Waals surface area contributed by atoms with Crippen molar-refractivity contribution in [2.75, 3.05) is 12.3 Å². The van der Waals surface area contributed by atoms with Gasteiger partial charge >= 0.3 is 0 Å². The van der Waals surface area contributed by atoms with Gasteiger partial charge in [-0.15, -0.1) is 0 Å². The number of amides is 1. The first-order chi connectivity index (χ1) is 11.9. The lowest BCUT2D eigenvalue weighted by Crippen LogP contribution is -2.27. The highest BCUT2D eigenvalue weighted by molar-refractivity contribution is 7.99. The van der Waals surface area contributed by atoms with Gasteiger partial charge in [-0.1, -0.05) is 23.9 Å². The molecule has 0 spiro atoms. The smallest absolute Gasteiger partial charge is 0.238 e. The lowest BCUT2D eigenvalue weighted by molar-refractivity contribution is -0.118. The summed E-state index contributed by atoms with van der Waals surface area (Å²) >= 11 is 1.44. The lowest BCUT2D eigenvalue weighted by atomic mass is 10.1. The number of nitrogens with one attached hydrogen (secondary N) is 1. The van der Waals surface area contributed by atoms with Crippen molar-refractivity contribution in [3.8, 4) is 0 Å². The minimum atomic E-state index is -3.67. The van der Waals surface area contributed by atoms with Crippen molar-refractivity contribution in [2.24, 2.45) is 5.14 Å². The summed E-state index contributed by atoms with van der Waals surface area (Å²) in [6.45, 7) is 0.491. The first-order valence-electron chi connectivity index (χ1n) is 7.97. The highest BCUT2D eigenvalue weighted by Gasteiger charge is 2.25. The van der Waals surface area contributed by atoms with Gasteiger partial charge < -0.3 is 9.88 Å². The minimum absolute atomic E-state index is 0.0449. The highest BCUT2D eigenvalue weighted by Crippen LogP contribution is 2.37. The number of primary sulfonamides is 1. The van der Waals surface area contributed by atoms with Crippen LogP contribution in [-0.2, 0) is 21.2 Å². The Morgan fingerprint density at radius 1 is 1.32 bits per heavy atom. The molecule has 1 saturated carbocycles. The summed E-state index contributed by atoms with van der Waals surface area (Å²) in [6, 6.07) is 6.90. The van der Waals surface area contributed by atoms with Gasteiger partial charge in [-0.25, -0.2) is 18.5 Å². The third kappa shape index (κ3) is 5.07. The Labute approximate surface area is 151 Å². The molecule has 25 heavy (non-hydrogen) atoms. The number of sulfonamides is 1. The standard InChI is InChI=1S/C16H20N4O3S2/c17-25(22,23)14-5-1-12(2-6-14)7-8-18-15(21)11-24-16-19-9-10-20(16)13-3-4-13/h1-2,5-6,9-10,13H,3-4,7-8,11H2,(H,18,21)(H2,17,22,23). The van der Waals surface area contributed by atoms with Crippen molar-refractivity contribution in [2.45, 2.75) is 35.4 Å². The third-order valence-electron chi connectivity index (χ3n) is 3.89. The van der Waals surface area contributed by atoms with E-state index in [1.54, 1.807) is 18.3 Å². The molecule has 3 rings (SSSR count). The number of nitrogens with zero attached hydrogens (tertiary/aromatic N) is 2. The van der Waals surface area contributed by atoms with Crippen LogP contribution in [0.1, 0.15) is 24.4 Å². The molecular formula is C16H20N4O3S2. The number of hydrogen-bond donors (Lipinski definition) is 2. The number of hydrogen-bond acceptors (Lipinski definition) is 5. The molecule has 134 valence electrons. The van der Waals surface area contributed by atoms with Gasteiger partial charge in [0.25, 0.3) is 0 Å². The van der Waals surface area contributed by atoms with E-state index in [-0.39, 0.29) is 10.8 Å². The Morgan fingerprint density at radius 3 is 2.68 bits per heavy atom. The molecule has 9 heteroatoms. The molecule has 0 radical (unpaired) electrons. The van der Waals surface area contributed by atoms with Gasteiger partial charge in [0.15, 0.2) is 5.16 Å². The molecule has 0 aliphatic heterocycles. The first-order valence-corrected chi connectivity index (χ1v) is 10.5. The fraction of sp³-hybridized carbons (Fsp3) is 0.375. The van der Waals surface area contributed by atoms with Crippen LogP contribution in [0.4, 0.5) is 0 Å². The van der Waals surface area contributed by atoms with Crippen LogP contribution in [0.5, 0.6) is 0 Å². The summed E-state index contributed by atoms with van der Waals surface area (Å²) < 4.78 is 24.5. The first kappa shape index (κ1) is 18.0. The molecule has 7 nitrogen and oxygen atoms in total. The maximum atomic E-state index is 11.9. The number of aromatic nitrogens is 2. The Balaban J connectivity index is 1.41. The number of thioether (sulfide) groups is 1. The van der Waals surface area contributed by atoms with Crippen LogP contribution in [0.25, 0.3) is 0 Å². The molecule has 1 amide bonds. The van der Waals surface area contributed by atoms with E-state index in [9.17, 15) is 13.2 Å². The second-order valence-electron chi connectivity index (χ2n) is 5.93. The van der Waals surface area contributed by atoms with Gasteiger partial charge in [0.1, 0.15) is 0 Å². The molecule has 1 aliphatic rings. The number of benzene rings is 1. The number of carbonyl (C=O) groups is 1. The number of rotatable bonds is 8. The molecule has 1 aliphatic carbocycles. The minimum Gasteiger partial charge on any atom is -0.355 e. The van der Waals surface area contributed by atoms with E-state index in [0.29, 0.717) is 24.8 Å². The maximum absolute atomic E-state index is 11.9. The van der Waals surface area contributed by atoms with Crippen LogP contribution in [0.3, 0.4) is 0 Å². The summed E-state index contributed by atoms with van der Waals surface area (Å²) in [5.74, 6) is 0.283. The second kappa shape index (κ2) is 7.59. The molecule has 1 fully saturated rings. The van der Waals surface area contributed by atoms with Gasteiger partial charge in [-0.05, 0) is 37.0 Å². The van der Waals surface area contributed by atoms with Crippen LogP contribution < -0.4 is 10.5 Å². The summed E-state index contributed by atoms with van der Waals surface area (Å²) in [4.78, 5) is 16.3. The van der Waals surface area contributed by atoms with Crippen molar-refractivity contribution in [1.29, 1.82) is 0 Å². The molecule has 3 N–H and O–H groups in total. The predicted molar refractivity (Wildman–Crippen MR) is 95.8 cm³/mol. The molecule has 0 atom stereocenters. The largest absolute Gasteiger partial charge is 0.355 e. The van der Waals surface area contributed by atoms with E-state index in [1.807, 2.05) is 6.20 Å². The van der Waals surface area contributed by atoms with E-state index in [4.69, 9.17) is 5.14 Å². The number of imidazole rings is 1. The molecule has 2 aromatic rings. The summed E-state index contributed by atoms with van der Waals surface area (Å²) in [5.41, 5.74) is 0.935. The second-order valence-corrected chi connectivity index (χ2v) is 8.43. The van der Waals surface area contributed by atoms with Crippen LogP contribution >= 0.6 is 11.8 Å². The average molecular weight is 380 g/mol. The summed E-state index contributed by atoms with van der Waals surface area (Å²) in [7, 11) is -3.67. The lowest BCUT2D eigenvalue weighted by Gasteiger charge is -2.07. The SMILES string of the molecule is NS(=O)(=O)c1ccc(CCNC(=O)CSc2nccn2C2CC2)cc1. The Morgan fingerprint density at radius 2 is 2.04 bits per heavy atom.